The SMILES string of the molecule is CC(=O)OC[C@H]1O[C@@H](n2cnc3c(O[Si](CC(C)C)(C(C)(C)C)C(C)(C)C)nc(N[Si](CC(C)C)(C(C)(C)C)C(C)(C)C)nc32)C[C@@H]1OC(C)=O. The number of nitrogens with zero attached hydrogens (tertiary/aromatic N) is 4. The van der Waals surface area contributed by atoms with Gasteiger partial charge >= 0.3 is 11.9 Å². The summed E-state index contributed by atoms with van der Waals surface area (Å²) in [5.74, 6) is 1.02. The predicted octanol–water partition coefficient (Wildman–Crippen LogP) is 9.80. The Hall–Kier alpha value is -2.52. The van der Waals surface area contributed by atoms with Crippen molar-refractivity contribution in [2.24, 2.45) is 11.8 Å². The van der Waals surface area contributed by atoms with Gasteiger partial charge in [0, 0.05) is 20.3 Å². The van der Waals surface area contributed by atoms with Crippen molar-refractivity contribution in [2.75, 3.05) is 11.6 Å². The first-order valence-corrected chi connectivity index (χ1v) is 23.1. The van der Waals surface area contributed by atoms with Crippen LogP contribution >= 0.6 is 0 Å². The van der Waals surface area contributed by atoms with E-state index < -0.39 is 46.9 Å². The maximum absolute atomic E-state index is 12.1. The van der Waals surface area contributed by atoms with E-state index in [1.807, 2.05) is 4.57 Å². The lowest BCUT2D eigenvalue weighted by Crippen LogP contribution is -2.59. The van der Waals surface area contributed by atoms with Gasteiger partial charge in [-0.15, -0.1) is 0 Å². The maximum Gasteiger partial charge on any atom is 0.303 e. The second-order valence-corrected chi connectivity index (χ2v) is 30.4. The highest BCUT2D eigenvalue weighted by Gasteiger charge is 2.58. The van der Waals surface area contributed by atoms with Gasteiger partial charge in [0.1, 0.15) is 25.0 Å². The van der Waals surface area contributed by atoms with Crippen LogP contribution in [0.1, 0.15) is 137 Å². The van der Waals surface area contributed by atoms with E-state index in [9.17, 15) is 9.59 Å². The standard InChI is InChI=1S/C38H69N5O6Si2/c1-24(2)21-50(35(7,8)9,36(10,11)12)42-34-40-32-31(33(41-34)49-51(22-25(3)4,37(13,14)15)38(16,17)18)39-23-43(32)30-19-28(47-27(6)45)29(48-30)20-46-26(5)44/h23-25,28-30H,19-22H2,1-18H3,(H,40,41,42)/t28-,29+,30+/m0/s1. The van der Waals surface area contributed by atoms with Crippen LogP contribution in [0.25, 0.3) is 11.2 Å². The second kappa shape index (κ2) is 15.1. The summed E-state index contributed by atoms with van der Waals surface area (Å²) in [7, 11) is -5.13. The molecule has 0 aliphatic carbocycles. The third-order valence-corrected chi connectivity index (χ3v) is 24.6. The van der Waals surface area contributed by atoms with Gasteiger partial charge in [0.15, 0.2) is 19.4 Å². The molecule has 3 heterocycles. The lowest BCUT2D eigenvalue weighted by molar-refractivity contribution is -0.155. The summed E-state index contributed by atoms with van der Waals surface area (Å²) in [6.07, 6.45) is 0.218. The molecule has 1 fully saturated rings. The lowest BCUT2D eigenvalue weighted by atomic mass is 10.2. The molecule has 3 rings (SSSR count). The van der Waals surface area contributed by atoms with Crippen molar-refractivity contribution >= 4 is 45.6 Å². The van der Waals surface area contributed by atoms with E-state index in [4.69, 9.17) is 33.6 Å². The number of imidazole rings is 1. The minimum atomic E-state index is -2.68. The van der Waals surface area contributed by atoms with Gasteiger partial charge < -0.3 is 23.6 Å². The van der Waals surface area contributed by atoms with Crippen molar-refractivity contribution in [3.05, 3.63) is 6.33 Å². The van der Waals surface area contributed by atoms with Crippen LogP contribution in [0.3, 0.4) is 0 Å². The molecule has 13 heteroatoms. The molecule has 0 aromatic carbocycles. The molecule has 0 spiro atoms. The molecule has 51 heavy (non-hydrogen) atoms. The number of ether oxygens (including phenoxy) is 3. The van der Waals surface area contributed by atoms with E-state index in [2.05, 4.69) is 116 Å². The summed E-state index contributed by atoms with van der Waals surface area (Å²) in [4.78, 5) is 43.3. The Morgan fingerprint density at radius 2 is 1.41 bits per heavy atom. The van der Waals surface area contributed by atoms with Gasteiger partial charge in [-0.05, 0) is 44.1 Å². The van der Waals surface area contributed by atoms with Gasteiger partial charge in [0.2, 0.25) is 11.8 Å². The number of nitrogens with one attached hydrogen (secondary N) is 1. The number of fused-ring (bicyclic) bond motifs is 1. The topological polar surface area (TPSA) is 127 Å². The lowest BCUT2D eigenvalue weighted by Gasteiger charge is -2.53. The molecule has 0 unspecified atom stereocenters. The quantitative estimate of drug-likeness (QED) is 0.166. The van der Waals surface area contributed by atoms with Crippen LogP contribution < -0.4 is 9.41 Å². The molecule has 1 aliphatic rings. The average Bonchev–Trinajstić information content (AvgIpc) is 3.51. The molecule has 2 aromatic rings. The third-order valence-electron chi connectivity index (χ3n) is 10.6. The first-order chi connectivity index (χ1) is 23.0. The van der Waals surface area contributed by atoms with E-state index in [1.54, 1.807) is 6.33 Å². The fourth-order valence-corrected chi connectivity index (χ4v) is 20.4. The summed E-state index contributed by atoms with van der Waals surface area (Å²) in [6, 6.07) is 1.97. The van der Waals surface area contributed by atoms with Crippen LogP contribution in [-0.4, -0.2) is 66.8 Å². The van der Waals surface area contributed by atoms with Crippen molar-refractivity contribution in [2.45, 2.75) is 182 Å². The number of carbonyl (C=O) groups excluding carboxylic acids is 2. The van der Waals surface area contributed by atoms with Crippen LogP contribution in [0, 0.1) is 11.8 Å². The van der Waals surface area contributed by atoms with Gasteiger partial charge in [-0.1, -0.05) is 111 Å². The van der Waals surface area contributed by atoms with Crippen molar-refractivity contribution in [3.63, 3.8) is 0 Å². The number of anilines is 1. The molecule has 1 aliphatic heterocycles. The summed E-state index contributed by atoms with van der Waals surface area (Å²) >= 11 is 0. The molecule has 2 aromatic heterocycles. The van der Waals surface area contributed by atoms with E-state index in [1.165, 1.54) is 13.8 Å². The highest BCUT2D eigenvalue weighted by molar-refractivity contribution is 6.87. The van der Waals surface area contributed by atoms with Crippen LogP contribution in [0.15, 0.2) is 6.33 Å². The molecule has 0 radical (unpaired) electrons. The summed E-state index contributed by atoms with van der Waals surface area (Å²) in [5, 5.41) is -0.354. The normalized spacial score (nSPS) is 19.6. The van der Waals surface area contributed by atoms with Crippen LogP contribution in [-0.2, 0) is 23.8 Å². The number of rotatable bonds is 12. The Morgan fingerprint density at radius 3 is 1.86 bits per heavy atom. The summed E-state index contributed by atoms with van der Waals surface area (Å²) < 4.78 is 26.8. The van der Waals surface area contributed by atoms with Crippen LogP contribution in [0.2, 0.25) is 32.2 Å². The molecule has 0 saturated carbocycles. The highest BCUT2D eigenvalue weighted by Crippen LogP contribution is 2.56. The Labute approximate surface area is 310 Å². The van der Waals surface area contributed by atoms with Gasteiger partial charge in [0.05, 0.1) is 6.33 Å². The summed E-state index contributed by atoms with van der Waals surface area (Å²) in [5.41, 5.74) is 1.14. The maximum atomic E-state index is 12.1. The largest absolute Gasteiger partial charge is 0.528 e. The number of carbonyl (C=O) groups is 2. The first-order valence-electron chi connectivity index (χ1n) is 18.7. The molecule has 1 saturated heterocycles. The van der Waals surface area contributed by atoms with Crippen LogP contribution in [0.5, 0.6) is 5.88 Å². The van der Waals surface area contributed by atoms with Gasteiger partial charge in [-0.25, -0.2) is 4.98 Å². The fourth-order valence-electron chi connectivity index (χ4n) is 8.58. The van der Waals surface area contributed by atoms with E-state index in [-0.39, 0.29) is 26.8 Å². The van der Waals surface area contributed by atoms with Crippen molar-refractivity contribution < 1.29 is 28.2 Å². The Kier molecular flexibility index (Phi) is 12.7. The molecule has 290 valence electrons. The number of hydrogen-bond donors (Lipinski definition) is 1. The smallest absolute Gasteiger partial charge is 0.303 e. The van der Waals surface area contributed by atoms with Gasteiger partial charge in [-0.2, -0.15) is 9.97 Å². The number of aromatic nitrogens is 4. The fraction of sp³-hybridized carbons (Fsp3) is 0.816. The minimum Gasteiger partial charge on any atom is -0.528 e. The Bertz CT molecular complexity index is 1500. The van der Waals surface area contributed by atoms with Crippen molar-refractivity contribution in [1.82, 2.24) is 19.5 Å². The number of esters is 2. The Morgan fingerprint density at radius 1 is 0.863 bits per heavy atom. The van der Waals surface area contributed by atoms with E-state index in [0.29, 0.717) is 41.2 Å². The molecular formula is C38H69N5O6Si2. The zero-order valence-corrected chi connectivity index (χ0v) is 37.0. The molecule has 0 amide bonds. The zero-order valence-electron chi connectivity index (χ0n) is 35.0. The van der Waals surface area contributed by atoms with Gasteiger partial charge in [-0.3, -0.25) is 14.2 Å². The third kappa shape index (κ3) is 9.17. The molecule has 1 N–H and O–H groups in total. The second-order valence-electron chi connectivity index (χ2n) is 19.6. The number of hydrogen-bond acceptors (Lipinski definition) is 10. The summed E-state index contributed by atoms with van der Waals surface area (Å²) in [6.45, 7) is 39.6. The van der Waals surface area contributed by atoms with Crippen molar-refractivity contribution in [3.8, 4) is 5.88 Å². The molecule has 3 atom stereocenters. The Balaban J connectivity index is 2.36. The van der Waals surface area contributed by atoms with Crippen LogP contribution in [0.4, 0.5) is 5.95 Å². The average molecular weight is 748 g/mol. The monoisotopic (exact) mass is 747 g/mol. The zero-order chi connectivity index (χ0) is 39.1. The minimum absolute atomic E-state index is 0.0342. The molecule has 11 nitrogen and oxygen atoms in total. The highest BCUT2D eigenvalue weighted by atomic mass is 28.4. The van der Waals surface area contributed by atoms with E-state index in [0.717, 1.165) is 12.1 Å². The van der Waals surface area contributed by atoms with Crippen molar-refractivity contribution in [1.29, 1.82) is 0 Å². The van der Waals surface area contributed by atoms with Gasteiger partial charge in [0.25, 0.3) is 8.32 Å². The van der Waals surface area contributed by atoms with E-state index >= 15 is 0 Å². The first kappa shape index (κ1) is 42.9. The molecular weight excluding hydrogens is 679 g/mol. The molecule has 0 bridgehead atoms. The predicted molar refractivity (Wildman–Crippen MR) is 210 cm³/mol.